The minimum absolute atomic E-state index is 0.110. The maximum Gasteiger partial charge on any atom is 0.229 e. The van der Waals surface area contributed by atoms with Crippen LogP contribution in [0.4, 0.5) is 5.13 Å². The molecule has 0 unspecified atom stereocenters. The van der Waals surface area contributed by atoms with E-state index in [1.165, 1.54) is 11.3 Å². The number of ether oxygens (including phenoxy) is 1. The van der Waals surface area contributed by atoms with Crippen LogP contribution in [0, 0.1) is 6.92 Å². The first kappa shape index (κ1) is 25.1. The van der Waals surface area contributed by atoms with E-state index in [4.69, 9.17) is 9.72 Å². The molecule has 9 heteroatoms. The molecule has 0 bridgehead atoms. The summed E-state index contributed by atoms with van der Waals surface area (Å²) in [6, 6.07) is 12.1. The smallest absolute Gasteiger partial charge is 0.229 e. The number of hydrogen-bond donors (Lipinski definition) is 0. The number of carbonyl (C=O) groups excluding carboxylic acids is 1. The van der Waals surface area contributed by atoms with Crippen molar-refractivity contribution in [2.45, 2.75) is 32.1 Å². The lowest BCUT2D eigenvalue weighted by atomic mass is 10.2. The fraction of sp³-hybridized carbons (Fsp3) is 0.417. The lowest BCUT2D eigenvalue weighted by Crippen LogP contribution is -2.39. The molecule has 0 spiro atoms. The number of thiazole rings is 1. The van der Waals surface area contributed by atoms with Gasteiger partial charge in [0, 0.05) is 19.5 Å². The number of rotatable bonds is 11. The number of hydrogen-bond acceptors (Lipinski definition) is 7. The van der Waals surface area contributed by atoms with Crippen LogP contribution in [0.3, 0.4) is 0 Å². The second-order valence-corrected chi connectivity index (χ2v) is 10.8. The zero-order valence-corrected chi connectivity index (χ0v) is 21.2. The van der Waals surface area contributed by atoms with E-state index >= 15 is 0 Å². The Labute approximate surface area is 199 Å². The average molecular weight is 490 g/mol. The zero-order valence-electron chi connectivity index (χ0n) is 19.6. The molecule has 0 fully saturated rings. The fourth-order valence-corrected chi connectivity index (χ4v) is 5.93. The highest BCUT2D eigenvalue weighted by atomic mass is 32.2. The van der Waals surface area contributed by atoms with E-state index < -0.39 is 9.84 Å². The Morgan fingerprint density at radius 3 is 2.39 bits per heavy atom. The summed E-state index contributed by atoms with van der Waals surface area (Å²) in [5, 5.41) is 0.562. The largest absolute Gasteiger partial charge is 0.494 e. The SMILES string of the molecule is CCN(CC)CCN(C(=O)CCS(=O)(=O)c1ccccc1)c1nc2c(OC)ccc(C)c2s1. The first-order valence-electron chi connectivity index (χ1n) is 11.0. The van der Waals surface area contributed by atoms with Crippen LogP contribution in [0.5, 0.6) is 5.75 Å². The van der Waals surface area contributed by atoms with Crippen LogP contribution in [-0.2, 0) is 14.6 Å². The van der Waals surface area contributed by atoms with Gasteiger partial charge in [-0.3, -0.25) is 9.69 Å². The molecule has 0 radical (unpaired) electrons. The van der Waals surface area contributed by atoms with Crippen molar-refractivity contribution in [1.29, 1.82) is 0 Å². The molecule has 0 aliphatic heterocycles. The van der Waals surface area contributed by atoms with Crippen molar-refractivity contribution >= 4 is 42.4 Å². The van der Waals surface area contributed by atoms with Gasteiger partial charge in [0.15, 0.2) is 15.0 Å². The Bertz CT molecular complexity index is 1190. The summed E-state index contributed by atoms with van der Waals surface area (Å²) < 4.78 is 31.9. The van der Waals surface area contributed by atoms with Gasteiger partial charge in [-0.1, -0.05) is 49.4 Å². The summed E-state index contributed by atoms with van der Waals surface area (Å²) >= 11 is 1.43. The number of amides is 1. The molecule has 0 N–H and O–H groups in total. The normalized spacial score (nSPS) is 11.8. The molecule has 0 saturated heterocycles. The number of likely N-dealkylation sites (N-methyl/N-ethyl adjacent to an activating group) is 1. The average Bonchev–Trinajstić information content (AvgIpc) is 3.27. The molecule has 1 amide bonds. The topological polar surface area (TPSA) is 79.8 Å². The van der Waals surface area contributed by atoms with Crippen molar-refractivity contribution in [2.24, 2.45) is 0 Å². The van der Waals surface area contributed by atoms with Crippen molar-refractivity contribution < 1.29 is 17.9 Å². The second-order valence-electron chi connectivity index (χ2n) is 7.71. The molecular formula is C24H31N3O4S2. The number of anilines is 1. The van der Waals surface area contributed by atoms with Crippen LogP contribution in [0.25, 0.3) is 10.2 Å². The highest BCUT2D eigenvalue weighted by Crippen LogP contribution is 2.36. The Balaban J connectivity index is 1.89. The fourth-order valence-electron chi connectivity index (χ4n) is 3.59. The number of methoxy groups -OCH3 is 1. The standard InChI is InChI=1S/C24H31N3O4S2/c1-5-26(6-2)15-16-27(21(28)14-17-33(29,30)19-10-8-7-9-11-19)24-25-22-20(31-4)13-12-18(3)23(22)32-24/h7-13H,5-6,14-17H2,1-4H3. The Morgan fingerprint density at radius 1 is 1.06 bits per heavy atom. The van der Waals surface area contributed by atoms with Crippen molar-refractivity contribution in [2.75, 3.05) is 43.9 Å². The van der Waals surface area contributed by atoms with Gasteiger partial charge in [0.25, 0.3) is 0 Å². The molecule has 0 aliphatic rings. The van der Waals surface area contributed by atoms with Crippen molar-refractivity contribution in [3.05, 3.63) is 48.0 Å². The molecule has 1 heterocycles. The van der Waals surface area contributed by atoms with Crippen LogP contribution >= 0.6 is 11.3 Å². The molecular weight excluding hydrogens is 458 g/mol. The number of benzene rings is 2. The lowest BCUT2D eigenvalue weighted by molar-refractivity contribution is -0.118. The van der Waals surface area contributed by atoms with E-state index in [0.29, 0.717) is 24.0 Å². The Morgan fingerprint density at radius 2 is 1.76 bits per heavy atom. The van der Waals surface area contributed by atoms with Crippen molar-refractivity contribution in [3.8, 4) is 5.75 Å². The van der Waals surface area contributed by atoms with Gasteiger partial charge in [-0.2, -0.15) is 0 Å². The van der Waals surface area contributed by atoms with E-state index in [2.05, 4.69) is 18.7 Å². The number of aromatic nitrogens is 1. The molecule has 1 aromatic heterocycles. The highest BCUT2D eigenvalue weighted by molar-refractivity contribution is 7.91. The van der Waals surface area contributed by atoms with Gasteiger partial charge in [0.05, 0.1) is 22.5 Å². The van der Waals surface area contributed by atoms with Crippen molar-refractivity contribution in [1.82, 2.24) is 9.88 Å². The van der Waals surface area contributed by atoms with Gasteiger partial charge in [0.2, 0.25) is 5.91 Å². The summed E-state index contributed by atoms with van der Waals surface area (Å²) in [5.74, 6) is 0.156. The summed E-state index contributed by atoms with van der Waals surface area (Å²) in [6.07, 6.45) is -0.110. The van der Waals surface area contributed by atoms with Gasteiger partial charge in [-0.15, -0.1) is 0 Å². The number of carbonyl (C=O) groups is 1. The zero-order chi connectivity index (χ0) is 24.0. The molecule has 3 rings (SSSR count). The lowest BCUT2D eigenvalue weighted by Gasteiger charge is -2.24. The van der Waals surface area contributed by atoms with Crippen LogP contribution in [0.1, 0.15) is 25.8 Å². The van der Waals surface area contributed by atoms with Crippen LogP contribution < -0.4 is 9.64 Å². The van der Waals surface area contributed by atoms with E-state index in [0.717, 1.165) is 28.9 Å². The minimum atomic E-state index is -3.55. The van der Waals surface area contributed by atoms with Crippen LogP contribution in [-0.4, -0.2) is 63.3 Å². The Kier molecular flexibility index (Phi) is 8.45. The third kappa shape index (κ3) is 5.90. The summed E-state index contributed by atoms with van der Waals surface area (Å²) in [4.78, 5) is 22.1. The maximum absolute atomic E-state index is 13.3. The quantitative estimate of drug-likeness (QED) is 0.403. The molecule has 0 saturated carbocycles. The van der Waals surface area contributed by atoms with Crippen molar-refractivity contribution in [3.63, 3.8) is 0 Å². The van der Waals surface area contributed by atoms with E-state index in [1.807, 2.05) is 19.1 Å². The van der Waals surface area contributed by atoms with Gasteiger partial charge < -0.3 is 9.64 Å². The second kappa shape index (κ2) is 11.1. The molecule has 0 atom stereocenters. The van der Waals surface area contributed by atoms with Crippen LogP contribution in [0.15, 0.2) is 47.4 Å². The predicted octanol–water partition coefficient (Wildman–Crippen LogP) is 4.15. The van der Waals surface area contributed by atoms with Gasteiger partial charge in [0.1, 0.15) is 11.3 Å². The molecule has 2 aromatic carbocycles. The maximum atomic E-state index is 13.3. The van der Waals surface area contributed by atoms with Gasteiger partial charge >= 0.3 is 0 Å². The predicted molar refractivity (Wildman–Crippen MR) is 134 cm³/mol. The van der Waals surface area contributed by atoms with E-state index in [9.17, 15) is 13.2 Å². The summed E-state index contributed by atoms with van der Waals surface area (Å²) in [6.45, 7) is 9.00. The molecule has 0 aliphatic carbocycles. The van der Waals surface area contributed by atoms with E-state index in [-0.39, 0.29) is 23.0 Å². The third-order valence-corrected chi connectivity index (χ3v) is 8.61. The molecule has 3 aromatic rings. The molecule has 7 nitrogen and oxygen atoms in total. The number of sulfone groups is 1. The number of fused-ring (bicyclic) bond motifs is 1. The first-order chi connectivity index (χ1) is 15.8. The monoisotopic (exact) mass is 489 g/mol. The van der Waals surface area contributed by atoms with Gasteiger partial charge in [-0.25, -0.2) is 13.4 Å². The van der Waals surface area contributed by atoms with Crippen LogP contribution in [0.2, 0.25) is 0 Å². The van der Waals surface area contributed by atoms with Gasteiger partial charge in [-0.05, 0) is 43.8 Å². The first-order valence-corrected chi connectivity index (χ1v) is 13.5. The Hall–Kier alpha value is -2.49. The summed E-state index contributed by atoms with van der Waals surface area (Å²) in [5.41, 5.74) is 1.77. The number of nitrogens with zero attached hydrogens (tertiary/aromatic N) is 3. The highest BCUT2D eigenvalue weighted by Gasteiger charge is 2.24. The molecule has 178 valence electrons. The van der Waals surface area contributed by atoms with E-state index in [1.54, 1.807) is 42.3 Å². The molecule has 33 heavy (non-hydrogen) atoms. The minimum Gasteiger partial charge on any atom is -0.494 e. The number of aryl methyl sites for hydroxylation is 1. The summed E-state index contributed by atoms with van der Waals surface area (Å²) in [7, 11) is -1.95. The third-order valence-electron chi connectivity index (χ3n) is 5.67.